The normalized spacial score (nSPS) is 17.7. The van der Waals surface area contributed by atoms with E-state index in [0.29, 0.717) is 32.5 Å². The minimum Gasteiger partial charge on any atom is -0.375 e. The molecule has 3 heterocycles. The number of carbonyl (C=O) groups is 1. The van der Waals surface area contributed by atoms with Gasteiger partial charge in [0.05, 0.1) is 25.5 Å². The van der Waals surface area contributed by atoms with E-state index in [2.05, 4.69) is 15.0 Å². The van der Waals surface area contributed by atoms with Crippen LogP contribution in [-0.4, -0.2) is 51.6 Å². The number of nitrogens with one attached hydrogen (secondary N) is 1. The van der Waals surface area contributed by atoms with Crippen molar-refractivity contribution in [2.75, 3.05) is 19.7 Å². The van der Waals surface area contributed by atoms with Gasteiger partial charge in [-0.2, -0.15) is 0 Å². The van der Waals surface area contributed by atoms with E-state index < -0.39 is 0 Å². The largest absolute Gasteiger partial charge is 0.375 e. The Hall–Kier alpha value is -2.54. The third-order valence-corrected chi connectivity index (χ3v) is 4.03. The van der Waals surface area contributed by atoms with Crippen LogP contribution in [0.2, 0.25) is 0 Å². The molecule has 0 aliphatic carbocycles. The summed E-state index contributed by atoms with van der Waals surface area (Å²) < 4.78 is 5.74. The summed E-state index contributed by atoms with van der Waals surface area (Å²) in [7, 11) is 0. The van der Waals surface area contributed by atoms with Crippen LogP contribution in [0.25, 0.3) is 0 Å². The molecule has 0 radical (unpaired) electrons. The van der Waals surface area contributed by atoms with Crippen LogP contribution in [0.4, 0.5) is 0 Å². The van der Waals surface area contributed by atoms with E-state index in [-0.39, 0.29) is 17.6 Å². The maximum atomic E-state index is 12.4. The summed E-state index contributed by atoms with van der Waals surface area (Å²) in [4.78, 5) is 36.2. The number of morpholine rings is 1. The highest BCUT2D eigenvalue weighted by Gasteiger charge is 2.24. The summed E-state index contributed by atoms with van der Waals surface area (Å²) in [5, 5.41) is 0. The van der Waals surface area contributed by atoms with Crippen molar-refractivity contribution in [3.63, 3.8) is 0 Å². The van der Waals surface area contributed by atoms with Crippen molar-refractivity contribution < 1.29 is 9.53 Å². The number of aromatic amines is 1. The van der Waals surface area contributed by atoms with Gasteiger partial charge in [0.2, 0.25) is 5.91 Å². The van der Waals surface area contributed by atoms with Gasteiger partial charge in [-0.1, -0.05) is 6.07 Å². The van der Waals surface area contributed by atoms with Gasteiger partial charge in [-0.05, 0) is 24.5 Å². The molecule has 24 heavy (non-hydrogen) atoms. The van der Waals surface area contributed by atoms with Crippen molar-refractivity contribution in [1.82, 2.24) is 19.9 Å². The lowest BCUT2D eigenvalue weighted by Gasteiger charge is -2.33. The van der Waals surface area contributed by atoms with Gasteiger partial charge >= 0.3 is 0 Å². The molecule has 1 aliphatic rings. The number of ether oxygens (including phenoxy) is 1. The number of H-pyrrole nitrogens is 1. The van der Waals surface area contributed by atoms with E-state index in [4.69, 9.17) is 4.74 Å². The number of aryl methyl sites for hydroxylation is 1. The molecule has 1 aliphatic heterocycles. The Balaban J connectivity index is 1.52. The zero-order valence-corrected chi connectivity index (χ0v) is 13.4. The molecule has 1 saturated heterocycles. The Labute approximate surface area is 139 Å². The van der Waals surface area contributed by atoms with E-state index in [1.807, 2.05) is 17.0 Å². The van der Waals surface area contributed by atoms with Crippen LogP contribution in [0, 0.1) is 0 Å². The van der Waals surface area contributed by atoms with Crippen LogP contribution in [-0.2, 0) is 22.4 Å². The first kappa shape index (κ1) is 16.3. The summed E-state index contributed by atoms with van der Waals surface area (Å²) in [6.45, 7) is 1.72. The molecule has 1 N–H and O–H groups in total. The molecule has 1 amide bonds. The molecule has 2 aromatic rings. The molecule has 0 spiro atoms. The second kappa shape index (κ2) is 7.83. The first-order valence-corrected chi connectivity index (χ1v) is 8.02. The van der Waals surface area contributed by atoms with Gasteiger partial charge in [0.25, 0.3) is 5.56 Å². The molecular formula is C17H20N4O3. The average Bonchev–Trinajstić information content (AvgIpc) is 2.61. The summed E-state index contributed by atoms with van der Waals surface area (Å²) in [6, 6.07) is 5.23. The smallest absolute Gasteiger partial charge is 0.250 e. The predicted molar refractivity (Wildman–Crippen MR) is 87.4 cm³/mol. The number of hydrogen-bond acceptors (Lipinski definition) is 5. The summed E-state index contributed by atoms with van der Waals surface area (Å²) in [5.74, 6) is 0.0885. The van der Waals surface area contributed by atoms with Gasteiger partial charge in [0.15, 0.2) is 0 Å². The van der Waals surface area contributed by atoms with Crippen molar-refractivity contribution in [1.29, 1.82) is 0 Å². The molecule has 1 fully saturated rings. The molecule has 0 unspecified atom stereocenters. The highest BCUT2D eigenvalue weighted by Crippen LogP contribution is 2.12. The van der Waals surface area contributed by atoms with Crippen LogP contribution in [0.3, 0.4) is 0 Å². The Morgan fingerprint density at radius 2 is 2.38 bits per heavy atom. The van der Waals surface area contributed by atoms with Crippen molar-refractivity contribution in [2.45, 2.75) is 25.4 Å². The van der Waals surface area contributed by atoms with Gasteiger partial charge < -0.3 is 14.6 Å². The van der Waals surface area contributed by atoms with Crippen LogP contribution < -0.4 is 5.56 Å². The highest BCUT2D eigenvalue weighted by atomic mass is 16.5. The fraction of sp³-hybridized carbons (Fsp3) is 0.412. The lowest BCUT2D eigenvalue weighted by Crippen LogP contribution is -2.46. The van der Waals surface area contributed by atoms with Gasteiger partial charge in [-0.3, -0.25) is 14.6 Å². The fourth-order valence-corrected chi connectivity index (χ4v) is 2.76. The molecule has 126 valence electrons. The summed E-state index contributed by atoms with van der Waals surface area (Å²) in [5.41, 5.74) is 1.50. The minimum atomic E-state index is -0.155. The van der Waals surface area contributed by atoms with Gasteiger partial charge in [-0.15, -0.1) is 0 Å². The zero-order valence-electron chi connectivity index (χ0n) is 13.4. The maximum absolute atomic E-state index is 12.4. The minimum absolute atomic E-state index is 0.0299. The van der Waals surface area contributed by atoms with Crippen LogP contribution in [0.1, 0.15) is 17.7 Å². The fourth-order valence-electron chi connectivity index (χ4n) is 2.76. The van der Waals surface area contributed by atoms with E-state index >= 15 is 0 Å². The lowest BCUT2D eigenvalue weighted by atomic mass is 10.1. The number of nitrogens with zero attached hydrogens (tertiary/aromatic N) is 3. The number of aromatic nitrogens is 3. The molecular weight excluding hydrogens is 308 g/mol. The number of hydrogen-bond donors (Lipinski definition) is 1. The first-order chi connectivity index (χ1) is 11.7. The molecule has 2 aromatic heterocycles. The molecule has 7 heteroatoms. The van der Waals surface area contributed by atoms with Crippen LogP contribution in [0.15, 0.2) is 41.7 Å². The summed E-state index contributed by atoms with van der Waals surface area (Å²) in [6.07, 6.45) is 6.53. The first-order valence-electron chi connectivity index (χ1n) is 8.02. The third-order valence-electron chi connectivity index (χ3n) is 4.03. The van der Waals surface area contributed by atoms with E-state index in [9.17, 15) is 9.59 Å². The van der Waals surface area contributed by atoms with Gasteiger partial charge in [0.1, 0.15) is 0 Å². The van der Waals surface area contributed by atoms with Gasteiger partial charge in [-0.25, -0.2) is 4.98 Å². The van der Waals surface area contributed by atoms with Crippen LogP contribution in [0.5, 0.6) is 0 Å². The lowest BCUT2D eigenvalue weighted by molar-refractivity contribution is -0.138. The average molecular weight is 328 g/mol. The Morgan fingerprint density at radius 3 is 3.17 bits per heavy atom. The standard InChI is InChI=1S/C17H20N4O3/c22-16-9-14(19-12-20-16)3-4-15-11-21(6-7-24-15)17(23)8-13-2-1-5-18-10-13/h1-2,5,9-10,12,15H,3-4,6-8,11H2,(H,19,20,22)/t15-/m1/s1. The number of rotatable bonds is 5. The SMILES string of the molecule is O=C(Cc1cccnc1)N1CCO[C@H](CCc2cc(=O)[nH]cn2)C1. The number of carbonyl (C=O) groups excluding carboxylic acids is 1. The second-order valence-electron chi connectivity index (χ2n) is 5.81. The topological polar surface area (TPSA) is 88.2 Å². The van der Waals surface area contributed by atoms with Crippen molar-refractivity contribution in [3.05, 3.63) is 58.5 Å². The Kier molecular flexibility index (Phi) is 5.32. The van der Waals surface area contributed by atoms with Crippen molar-refractivity contribution >= 4 is 5.91 Å². The maximum Gasteiger partial charge on any atom is 0.250 e. The van der Waals surface area contributed by atoms with Crippen LogP contribution >= 0.6 is 0 Å². The predicted octanol–water partition coefficient (Wildman–Crippen LogP) is 0.568. The molecule has 3 rings (SSSR count). The Bertz CT molecular complexity index is 732. The second-order valence-corrected chi connectivity index (χ2v) is 5.81. The third kappa shape index (κ3) is 4.48. The van der Waals surface area contributed by atoms with Crippen molar-refractivity contribution in [3.8, 4) is 0 Å². The molecule has 0 bridgehead atoms. The van der Waals surface area contributed by atoms with E-state index in [0.717, 1.165) is 17.7 Å². The zero-order chi connectivity index (χ0) is 16.8. The summed E-state index contributed by atoms with van der Waals surface area (Å²) >= 11 is 0. The highest BCUT2D eigenvalue weighted by molar-refractivity contribution is 5.78. The quantitative estimate of drug-likeness (QED) is 0.867. The molecule has 0 aromatic carbocycles. The van der Waals surface area contributed by atoms with E-state index in [1.165, 1.54) is 12.4 Å². The van der Waals surface area contributed by atoms with Crippen molar-refractivity contribution in [2.24, 2.45) is 0 Å². The molecule has 1 atom stereocenters. The molecule has 0 saturated carbocycles. The van der Waals surface area contributed by atoms with Gasteiger partial charge in [0, 0.05) is 37.2 Å². The number of amides is 1. The van der Waals surface area contributed by atoms with E-state index in [1.54, 1.807) is 12.4 Å². The molecule has 7 nitrogen and oxygen atoms in total. The monoisotopic (exact) mass is 328 g/mol. The number of pyridine rings is 1. The Morgan fingerprint density at radius 1 is 1.46 bits per heavy atom.